The van der Waals surface area contributed by atoms with E-state index >= 15 is 0 Å². The molecule has 0 aliphatic rings. The lowest BCUT2D eigenvalue weighted by Gasteiger charge is -2.04. The first-order valence-electron chi connectivity index (χ1n) is 5.42. The second-order valence-electron chi connectivity index (χ2n) is 3.80. The van der Waals surface area contributed by atoms with Gasteiger partial charge in [-0.25, -0.2) is 0 Å². The summed E-state index contributed by atoms with van der Waals surface area (Å²) in [4.78, 5) is 0. The molecule has 2 rings (SSSR count). The second kappa shape index (κ2) is 4.92. The van der Waals surface area contributed by atoms with Gasteiger partial charge < -0.3 is 11.5 Å². The van der Waals surface area contributed by atoms with Gasteiger partial charge in [0.25, 0.3) is 0 Å². The topological polar surface area (TPSA) is 52.0 Å². The minimum Gasteiger partial charge on any atom is -0.326 e. The largest absolute Gasteiger partial charge is 0.326 e. The van der Waals surface area contributed by atoms with Crippen LogP contribution in [0.25, 0.3) is 11.1 Å². The van der Waals surface area contributed by atoms with Crippen LogP contribution in [-0.4, -0.2) is 0 Å². The van der Waals surface area contributed by atoms with Crippen molar-refractivity contribution in [3.63, 3.8) is 0 Å². The Bertz CT molecular complexity index is 398. The number of benzene rings is 2. The third-order valence-corrected chi connectivity index (χ3v) is 2.71. The Hall–Kier alpha value is -1.64. The molecule has 0 atom stereocenters. The van der Waals surface area contributed by atoms with E-state index in [4.69, 9.17) is 11.5 Å². The molecule has 0 saturated carbocycles. The molecular formula is C14H16N2. The molecule has 0 fully saturated rings. The van der Waals surface area contributed by atoms with E-state index < -0.39 is 0 Å². The number of rotatable bonds is 3. The fraction of sp³-hybridized carbons (Fsp3) is 0.143. The molecule has 0 aliphatic carbocycles. The number of nitrogens with two attached hydrogens (primary N) is 2. The van der Waals surface area contributed by atoms with Gasteiger partial charge in [0.2, 0.25) is 0 Å². The van der Waals surface area contributed by atoms with Crippen molar-refractivity contribution in [1.82, 2.24) is 0 Å². The molecule has 16 heavy (non-hydrogen) atoms. The van der Waals surface area contributed by atoms with Crippen molar-refractivity contribution >= 4 is 0 Å². The standard InChI is InChI=1S/C14H16N2/c15-9-11-1-5-13(6-2-11)14-7-3-12(10-16)4-8-14/h1-8H,9-10,15-16H2. The quantitative estimate of drug-likeness (QED) is 0.820. The molecule has 0 aliphatic heterocycles. The van der Waals surface area contributed by atoms with Crippen LogP contribution in [0.15, 0.2) is 48.5 Å². The molecule has 0 bridgehead atoms. The molecule has 4 N–H and O–H groups in total. The maximum absolute atomic E-state index is 5.56. The van der Waals surface area contributed by atoms with Gasteiger partial charge in [0, 0.05) is 13.1 Å². The minimum atomic E-state index is 0.590. The van der Waals surface area contributed by atoms with Gasteiger partial charge in [0.05, 0.1) is 0 Å². The van der Waals surface area contributed by atoms with Crippen LogP contribution in [0, 0.1) is 0 Å². The molecule has 2 nitrogen and oxygen atoms in total. The lowest BCUT2D eigenvalue weighted by atomic mass is 10.0. The lowest BCUT2D eigenvalue weighted by Crippen LogP contribution is -1.96. The Morgan fingerprint density at radius 2 is 0.875 bits per heavy atom. The van der Waals surface area contributed by atoms with E-state index in [0.717, 1.165) is 11.1 Å². The molecular weight excluding hydrogens is 196 g/mol. The lowest BCUT2D eigenvalue weighted by molar-refractivity contribution is 1.07. The van der Waals surface area contributed by atoms with Gasteiger partial charge in [0.15, 0.2) is 0 Å². The summed E-state index contributed by atoms with van der Waals surface area (Å²) < 4.78 is 0. The minimum absolute atomic E-state index is 0.590. The van der Waals surface area contributed by atoms with Gasteiger partial charge in [0.1, 0.15) is 0 Å². The normalized spacial score (nSPS) is 10.4. The summed E-state index contributed by atoms with van der Waals surface area (Å²) in [6.07, 6.45) is 0. The second-order valence-corrected chi connectivity index (χ2v) is 3.80. The fourth-order valence-corrected chi connectivity index (χ4v) is 1.67. The predicted molar refractivity (Wildman–Crippen MR) is 67.7 cm³/mol. The van der Waals surface area contributed by atoms with Crippen molar-refractivity contribution in [1.29, 1.82) is 0 Å². The van der Waals surface area contributed by atoms with E-state index in [-0.39, 0.29) is 0 Å². The Labute approximate surface area is 95.9 Å². The van der Waals surface area contributed by atoms with Gasteiger partial charge in [-0.1, -0.05) is 48.5 Å². The SMILES string of the molecule is NCc1ccc(-c2ccc(CN)cc2)cc1. The first-order valence-corrected chi connectivity index (χ1v) is 5.42. The van der Waals surface area contributed by atoms with Crippen molar-refractivity contribution in [2.75, 3.05) is 0 Å². The number of hydrogen-bond donors (Lipinski definition) is 2. The van der Waals surface area contributed by atoms with Crippen LogP contribution < -0.4 is 11.5 Å². The molecule has 2 heteroatoms. The Morgan fingerprint density at radius 3 is 1.12 bits per heavy atom. The summed E-state index contributed by atoms with van der Waals surface area (Å²) in [6, 6.07) is 16.6. The van der Waals surface area contributed by atoms with Gasteiger partial charge in [-0.2, -0.15) is 0 Å². The molecule has 0 aromatic heterocycles. The van der Waals surface area contributed by atoms with E-state index in [1.807, 2.05) is 0 Å². The predicted octanol–water partition coefficient (Wildman–Crippen LogP) is 2.27. The van der Waals surface area contributed by atoms with Gasteiger partial charge >= 0.3 is 0 Å². The van der Waals surface area contributed by atoms with Crippen LogP contribution in [0.4, 0.5) is 0 Å². The fourth-order valence-electron chi connectivity index (χ4n) is 1.67. The molecule has 2 aromatic rings. The summed E-state index contributed by atoms with van der Waals surface area (Å²) in [5.74, 6) is 0. The van der Waals surface area contributed by atoms with E-state index in [1.165, 1.54) is 11.1 Å². The van der Waals surface area contributed by atoms with Crippen LogP contribution in [0.5, 0.6) is 0 Å². The molecule has 82 valence electrons. The Kier molecular flexibility index (Phi) is 3.34. The van der Waals surface area contributed by atoms with Crippen LogP contribution in [-0.2, 0) is 13.1 Å². The van der Waals surface area contributed by atoms with Gasteiger partial charge in [-0.3, -0.25) is 0 Å². The smallest absolute Gasteiger partial charge is 0.0178 e. The Balaban J connectivity index is 2.28. The molecule has 0 radical (unpaired) electrons. The molecule has 0 saturated heterocycles. The highest BCUT2D eigenvalue weighted by atomic mass is 14.5. The maximum atomic E-state index is 5.56. The van der Waals surface area contributed by atoms with Crippen LogP contribution in [0.3, 0.4) is 0 Å². The highest BCUT2D eigenvalue weighted by Crippen LogP contribution is 2.20. The highest BCUT2D eigenvalue weighted by Gasteiger charge is 1.97. The van der Waals surface area contributed by atoms with Crippen molar-refractivity contribution in [2.24, 2.45) is 11.5 Å². The summed E-state index contributed by atoms with van der Waals surface area (Å²) in [6.45, 7) is 1.18. The van der Waals surface area contributed by atoms with Crippen LogP contribution in [0.2, 0.25) is 0 Å². The molecule has 0 amide bonds. The van der Waals surface area contributed by atoms with Crippen molar-refractivity contribution in [3.8, 4) is 11.1 Å². The monoisotopic (exact) mass is 212 g/mol. The van der Waals surface area contributed by atoms with Crippen molar-refractivity contribution in [3.05, 3.63) is 59.7 Å². The highest BCUT2D eigenvalue weighted by molar-refractivity contribution is 5.63. The van der Waals surface area contributed by atoms with Crippen LogP contribution >= 0.6 is 0 Å². The van der Waals surface area contributed by atoms with Crippen molar-refractivity contribution in [2.45, 2.75) is 13.1 Å². The van der Waals surface area contributed by atoms with Gasteiger partial charge in [-0.15, -0.1) is 0 Å². The summed E-state index contributed by atoms with van der Waals surface area (Å²) in [5.41, 5.74) is 15.9. The average Bonchev–Trinajstić information content (AvgIpc) is 2.39. The molecule has 2 aromatic carbocycles. The summed E-state index contributed by atoms with van der Waals surface area (Å²) >= 11 is 0. The summed E-state index contributed by atoms with van der Waals surface area (Å²) in [7, 11) is 0. The molecule has 0 unspecified atom stereocenters. The zero-order valence-corrected chi connectivity index (χ0v) is 9.19. The summed E-state index contributed by atoms with van der Waals surface area (Å²) in [5, 5.41) is 0. The zero-order valence-electron chi connectivity index (χ0n) is 9.19. The van der Waals surface area contributed by atoms with E-state index in [2.05, 4.69) is 48.5 Å². The third-order valence-electron chi connectivity index (χ3n) is 2.71. The number of hydrogen-bond acceptors (Lipinski definition) is 2. The maximum Gasteiger partial charge on any atom is 0.0178 e. The molecule has 0 heterocycles. The van der Waals surface area contributed by atoms with Crippen molar-refractivity contribution < 1.29 is 0 Å². The third kappa shape index (κ3) is 2.30. The van der Waals surface area contributed by atoms with Gasteiger partial charge in [-0.05, 0) is 22.3 Å². The first-order chi connectivity index (χ1) is 7.83. The van der Waals surface area contributed by atoms with E-state index in [0.29, 0.717) is 13.1 Å². The zero-order chi connectivity index (χ0) is 11.4. The van der Waals surface area contributed by atoms with E-state index in [9.17, 15) is 0 Å². The first kappa shape index (κ1) is 10.9. The van der Waals surface area contributed by atoms with Crippen LogP contribution in [0.1, 0.15) is 11.1 Å². The van der Waals surface area contributed by atoms with E-state index in [1.54, 1.807) is 0 Å². The average molecular weight is 212 g/mol. The molecule has 0 spiro atoms. The Morgan fingerprint density at radius 1 is 0.562 bits per heavy atom.